The minimum atomic E-state index is -0.154. The zero-order chi connectivity index (χ0) is 9.84. The van der Waals surface area contributed by atoms with Gasteiger partial charge in [-0.3, -0.25) is 0 Å². The van der Waals surface area contributed by atoms with E-state index in [0.717, 1.165) is 0 Å². The van der Waals surface area contributed by atoms with Gasteiger partial charge in [0.05, 0.1) is 0 Å². The molecule has 0 spiro atoms. The molecular formula is C7H7N5O. The van der Waals surface area contributed by atoms with Crippen LogP contribution in [0.4, 0.5) is 5.95 Å². The zero-order valence-electron chi connectivity index (χ0n) is 6.94. The largest absolute Gasteiger partial charge is 0.424 e. The molecule has 66 valence electrons. The van der Waals surface area contributed by atoms with Crippen molar-refractivity contribution >= 4 is 5.95 Å². The van der Waals surface area contributed by atoms with Gasteiger partial charge < -0.3 is 10.5 Å². The van der Waals surface area contributed by atoms with Gasteiger partial charge in [0, 0.05) is 6.54 Å². The molecule has 0 radical (unpaired) electrons. The zero-order valence-corrected chi connectivity index (χ0v) is 6.94. The molecule has 1 aromatic heterocycles. The summed E-state index contributed by atoms with van der Waals surface area (Å²) in [4.78, 5) is 3.71. The lowest BCUT2D eigenvalue weighted by Gasteiger charge is -1.99. The summed E-state index contributed by atoms with van der Waals surface area (Å²) in [5.74, 6) is 0.107. The lowest BCUT2D eigenvalue weighted by Crippen LogP contribution is -2.05. The van der Waals surface area contributed by atoms with E-state index in [0.29, 0.717) is 11.3 Å². The molecule has 0 bridgehead atoms. The number of anilines is 1. The molecule has 6 heteroatoms. The van der Waals surface area contributed by atoms with Crippen molar-refractivity contribution in [2.24, 2.45) is 0 Å². The summed E-state index contributed by atoms with van der Waals surface area (Å²) in [7, 11) is 0. The normalized spacial score (nSPS) is 8.85. The van der Waals surface area contributed by atoms with Crippen molar-refractivity contribution in [3.05, 3.63) is 11.4 Å². The second-order valence-corrected chi connectivity index (χ2v) is 2.20. The van der Waals surface area contributed by atoms with E-state index in [-0.39, 0.29) is 17.3 Å². The highest BCUT2D eigenvalue weighted by atomic mass is 16.5. The molecule has 0 aromatic carbocycles. The molecule has 0 unspecified atom stereocenters. The number of hydrogen-bond donors (Lipinski definition) is 2. The Bertz CT molecular complexity index is 394. The van der Waals surface area contributed by atoms with Gasteiger partial charge in [0.2, 0.25) is 5.95 Å². The molecule has 0 aliphatic carbocycles. The fourth-order valence-electron chi connectivity index (χ4n) is 0.863. The van der Waals surface area contributed by atoms with Crippen LogP contribution in [0.2, 0.25) is 0 Å². The SMILES string of the molecule is CCNc1nc(C#N)c(C#N)n1O. The van der Waals surface area contributed by atoms with Crippen molar-refractivity contribution in [2.75, 3.05) is 11.9 Å². The fourth-order valence-corrected chi connectivity index (χ4v) is 0.863. The number of aromatic nitrogens is 2. The van der Waals surface area contributed by atoms with E-state index in [1.807, 2.05) is 6.92 Å². The quantitative estimate of drug-likeness (QED) is 0.633. The van der Waals surface area contributed by atoms with Crippen molar-refractivity contribution < 1.29 is 5.21 Å². The molecule has 13 heavy (non-hydrogen) atoms. The standard InChI is InChI=1S/C7H7N5O/c1-2-10-7-11-5(3-8)6(4-9)12(7)13/h13H,2H2,1H3,(H,10,11). The van der Waals surface area contributed by atoms with E-state index in [2.05, 4.69) is 10.3 Å². The van der Waals surface area contributed by atoms with Crippen LogP contribution in [0.3, 0.4) is 0 Å². The molecule has 0 aliphatic heterocycles. The second kappa shape index (κ2) is 3.46. The van der Waals surface area contributed by atoms with E-state index in [4.69, 9.17) is 10.5 Å². The van der Waals surface area contributed by atoms with Crippen LogP contribution in [0.15, 0.2) is 0 Å². The Morgan fingerprint density at radius 3 is 2.62 bits per heavy atom. The summed E-state index contributed by atoms with van der Waals surface area (Å²) in [6, 6.07) is 3.39. The van der Waals surface area contributed by atoms with Crippen LogP contribution < -0.4 is 5.32 Å². The molecule has 0 aliphatic rings. The van der Waals surface area contributed by atoms with Crippen LogP contribution >= 0.6 is 0 Å². The van der Waals surface area contributed by atoms with Crippen LogP contribution in [-0.4, -0.2) is 21.5 Å². The van der Waals surface area contributed by atoms with Crippen molar-refractivity contribution in [1.29, 1.82) is 10.5 Å². The number of nitrogens with zero attached hydrogens (tertiary/aromatic N) is 4. The van der Waals surface area contributed by atoms with Gasteiger partial charge in [-0.2, -0.15) is 15.5 Å². The molecule has 0 amide bonds. The van der Waals surface area contributed by atoms with Gasteiger partial charge in [0.15, 0.2) is 11.4 Å². The Labute approximate surface area is 74.6 Å². The van der Waals surface area contributed by atoms with Gasteiger partial charge in [-0.1, -0.05) is 0 Å². The van der Waals surface area contributed by atoms with E-state index >= 15 is 0 Å². The number of nitriles is 2. The van der Waals surface area contributed by atoms with Crippen LogP contribution in [0.5, 0.6) is 0 Å². The predicted octanol–water partition coefficient (Wildman–Crippen LogP) is 0.296. The molecule has 1 aromatic rings. The topological polar surface area (TPSA) is 97.7 Å². The average Bonchev–Trinajstić information content (AvgIpc) is 2.44. The number of nitrogens with one attached hydrogen (secondary N) is 1. The van der Waals surface area contributed by atoms with Gasteiger partial charge in [-0.05, 0) is 6.92 Å². The maximum absolute atomic E-state index is 9.29. The first-order chi connectivity index (χ1) is 6.24. The van der Waals surface area contributed by atoms with Gasteiger partial charge in [-0.25, -0.2) is 0 Å². The summed E-state index contributed by atoms with van der Waals surface area (Å²) < 4.78 is 0.571. The molecule has 6 nitrogen and oxygen atoms in total. The van der Waals surface area contributed by atoms with E-state index in [1.54, 1.807) is 12.1 Å². The van der Waals surface area contributed by atoms with Crippen molar-refractivity contribution in [3.8, 4) is 12.1 Å². The molecular weight excluding hydrogens is 170 g/mol. The van der Waals surface area contributed by atoms with E-state index in [9.17, 15) is 5.21 Å². The number of rotatable bonds is 2. The summed E-state index contributed by atoms with van der Waals surface area (Å²) in [5, 5.41) is 29.1. The Morgan fingerprint density at radius 1 is 1.54 bits per heavy atom. The second-order valence-electron chi connectivity index (χ2n) is 2.20. The predicted molar refractivity (Wildman–Crippen MR) is 43.0 cm³/mol. The lowest BCUT2D eigenvalue weighted by molar-refractivity contribution is 0.189. The Balaban J connectivity index is 3.22. The third-order valence-corrected chi connectivity index (χ3v) is 1.40. The minimum absolute atomic E-state index is 0.0825. The first-order valence-electron chi connectivity index (χ1n) is 3.60. The van der Waals surface area contributed by atoms with E-state index < -0.39 is 0 Å². The number of imidazole rings is 1. The van der Waals surface area contributed by atoms with Crippen molar-refractivity contribution in [1.82, 2.24) is 9.71 Å². The molecule has 2 N–H and O–H groups in total. The van der Waals surface area contributed by atoms with Gasteiger partial charge >= 0.3 is 0 Å². The Morgan fingerprint density at radius 2 is 2.23 bits per heavy atom. The number of hydrogen-bond acceptors (Lipinski definition) is 5. The summed E-state index contributed by atoms with van der Waals surface area (Å²) in [6.07, 6.45) is 0. The highest BCUT2D eigenvalue weighted by Gasteiger charge is 2.15. The highest BCUT2D eigenvalue weighted by molar-refractivity contribution is 5.44. The smallest absolute Gasteiger partial charge is 0.239 e. The summed E-state index contributed by atoms with van der Waals surface area (Å²) in [6.45, 7) is 2.36. The molecule has 0 fully saturated rings. The Hall–Kier alpha value is -2.21. The Kier molecular flexibility index (Phi) is 2.36. The minimum Gasteiger partial charge on any atom is -0.424 e. The summed E-state index contributed by atoms with van der Waals surface area (Å²) >= 11 is 0. The molecule has 0 saturated carbocycles. The third kappa shape index (κ3) is 1.37. The van der Waals surface area contributed by atoms with Crippen LogP contribution in [-0.2, 0) is 0 Å². The van der Waals surface area contributed by atoms with Crippen molar-refractivity contribution in [3.63, 3.8) is 0 Å². The molecule has 1 heterocycles. The highest BCUT2D eigenvalue weighted by Crippen LogP contribution is 2.11. The molecule has 0 atom stereocenters. The van der Waals surface area contributed by atoms with Gasteiger partial charge in [-0.15, -0.1) is 4.73 Å². The first-order valence-corrected chi connectivity index (χ1v) is 3.60. The van der Waals surface area contributed by atoms with Crippen LogP contribution in [0.25, 0.3) is 0 Å². The van der Waals surface area contributed by atoms with Crippen LogP contribution in [0, 0.1) is 22.7 Å². The lowest BCUT2D eigenvalue weighted by atomic mass is 10.4. The van der Waals surface area contributed by atoms with E-state index in [1.165, 1.54) is 0 Å². The third-order valence-electron chi connectivity index (χ3n) is 1.40. The average molecular weight is 177 g/mol. The van der Waals surface area contributed by atoms with Crippen LogP contribution in [0.1, 0.15) is 18.3 Å². The molecule has 1 rings (SSSR count). The van der Waals surface area contributed by atoms with Crippen molar-refractivity contribution in [2.45, 2.75) is 6.92 Å². The maximum atomic E-state index is 9.29. The maximum Gasteiger partial charge on any atom is 0.239 e. The van der Waals surface area contributed by atoms with Gasteiger partial charge in [0.1, 0.15) is 12.1 Å². The summed E-state index contributed by atoms with van der Waals surface area (Å²) in [5.41, 5.74) is -0.237. The first kappa shape index (κ1) is 8.88. The monoisotopic (exact) mass is 177 g/mol. The van der Waals surface area contributed by atoms with Gasteiger partial charge in [0.25, 0.3) is 0 Å². The molecule has 0 saturated heterocycles. The fraction of sp³-hybridized carbons (Fsp3) is 0.286.